The van der Waals surface area contributed by atoms with Gasteiger partial charge >= 0.3 is 6.61 Å². The van der Waals surface area contributed by atoms with Crippen LogP contribution in [-0.2, 0) is 9.47 Å². The summed E-state index contributed by atoms with van der Waals surface area (Å²) < 4.78 is 97.5. The number of hydrogen-bond donors (Lipinski definition) is 0. The van der Waals surface area contributed by atoms with E-state index in [1.54, 1.807) is 24.3 Å². The van der Waals surface area contributed by atoms with Crippen molar-refractivity contribution in [1.82, 2.24) is 0 Å². The number of ether oxygens (including phenoxy) is 3. The molecule has 0 spiro atoms. The van der Waals surface area contributed by atoms with Crippen LogP contribution in [0.5, 0.6) is 5.75 Å². The minimum atomic E-state index is -3.46. The monoisotopic (exact) mass is 482 g/mol. The van der Waals surface area contributed by atoms with Gasteiger partial charge in [-0.15, -0.1) is 0 Å². The van der Waals surface area contributed by atoms with Gasteiger partial charge in [-0.3, -0.25) is 0 Å². The second-order valence-corrected chi connectivity index (χ2v) is 7.86. The van der Waals surface area contributed by atoms with Crippen molar-refractivity contribution in [3.05, 3.63) is 77.4 Å². The van der Waals surface area contributed by atoms with E-state index in [-0.39, 0.29) is 5.56 Å². The molecule has 0 saturated carbocycles. The second kappa shape index (κ2) is 10.1. The normalized spacial score (nSPS) is 18.4. The van der Waals surface area contributed by atoms with Crippen LogP contribution in [0.4, 0.5) is 26.3 Å². The van der Waals surface area contributed by atoms with Crippen molar-refractivity contribution in [2.75, 3.05) is 13.2 Å². The predicted octanol–water partition coefficient (Wildman–Crippen LogP) is 7.25. The molecule has 0 N–H and O–H groups in total. The Kier molecular flexibility index (Phi) is 7.13. The summed E-state index contributed by atoms with van der Waals surface area (Å²) in [7, 11) is 0. The molecule has 1 saturated heterocycles. The smallest absolute Gasteiger partial charge is 0.387 e. The lowest BCUT2D eigenvalue weighted by molar-refractivity contribution is -0.205. The summed E-state index contributed by atoms with van der Waals surface area (Å²) in [6.07, 6.45) is 0.431. The Labute approximate surface area is 191 Å². The van der Waals surface area contributed by atoms with Gasteiger partial charge in [-0.2, -0.15) is 8.78 Å². The summed E-state index contributed by atoms with van der Waals surface area (Å²) in [4.78, 5) is 0. The van der Waals surface area contributed by atoms with Crippen molar-refractivity contribution >= 4 is 0 Å². The van der Waals surface area contributed by atoms with Crippen molar-refractivity contribution in [3.63, 3.8) is 0 Å². The molecule has 3 nitrogen and oxygen atoms in total. The summed E-state index contributed by atoms with van der Waals surface area (Å²) in [5.74, 6) is -6.16. The van der Waals surface area contributed by atoms with Crippen molar-refractivity contribution in [1.29, 1.82) is 0 Å². The first-order valence-corrected chi connectivity index (χ1v) is 10.5. The molecule has 0 unspecified atom stereocenters. The summed E-state index contributed by atoms with van der Waals surface area (Å²) in [6.45, 7) is -0.243. The van der Waals surface area contributed by atoms with Gasteiger partial charge < -0.3 is 14.2 Å². The lowest BCUT2D eigenvalue weighted by atomic mass is 9.97. The van der Waals surface area contributed by atoms with E-state index in [9.17, 15) is 26.3 Å². The molecule has 4 rings (SSSR count). The number of alkyl halides is 2. The highest BCUT2D eigenvalue weighted by Gasteiger charge is 2.23. The molecule has 180 valence electrons. The van der Waals surface area contributed by atoms with Gasteiger partial charge in [-0.25, -0.2) is 17.6 Å². The molecular formula is C25H20F6O3. The van der Waals surface area contributed by atoms with Gasteiger partial charge in [0.05, 0.1) is 18.8 Å². The predicted molar refractivity (Wildman–Crippen MR) is 112 cm³/mol. The summed E-state index contributed by atoms with van der Waals surface area (Å²) in [6, 6.07) is 9.85. The number of halogens is 6. The fraction of sp³-hybridized carbons (Fsp3) is 0.280. The molecule has 0 aliphatic carbocycles. The molecule has 3 aromatic carbocycles. The van der Waals surface area contributed by atoms with E-state index in [0.29, 0.717) is 36.8 Å². The Morgan fingerprint density at radius 1 is 0.794 bits per heavy atom. The number of rotatable bonds is 6. The Morgan fingerprint density at radius 3 is 1.82 bits per heavy atom. The number of hydrogen-bond acceptors (Lipinski definition) is 3. The first kappa shape index (κ1) is 24.1. The van der Waals surface area contributed by atoms with Gasteiger partial charge in [0.2, 0.25) is 0 Å². The van der Waals surface area contributed by atoms with Crippen LogP contribution in [-0.4, -0.2) is 19.8 Å². The Morgan fingerprint density at radius 2 is 1.32 bits per heavy atom. The zero-order chi connectivity index (χ0) is 24.4. The Hall–Kier alpha value is -3.04. The molecule has 0 amide bonds. The van der Waals surface area contributed by atoms with Crippen LogP contribution in [0.25, 0.3) is 22.3 Å². The zero-order valence-corrected chi connectivity index (χ0v) is 18.0. The van der Waals surface area contributed by atoms with Crippen LogP contribution < -0.4 is 4.74 Å². The van der Waals surface area contributed by atoms with E-state index in [4.69, 9.17) is 9.47 Å². The molecule has 3 aromatic rings. The third-order valence-corrected chi connectivity index (χ3v) is 5.60. The fourth-order valence-electron chi connectivity index (χ4n) is 3.73. The van der Waals surface area contributed by atoms with E-state index in [1.807, 2.05) is 0 Å². The Balaban J connectivity index is 1.59. The van der Waals surface area contributed by atoms with Gasteiger partial charge in [0.15, 0.2) is 23.7 Å². The van der Waals surface area contributed by atoms with Gasteiger partial charge in [0.25, 0.3) is 0 Å². The van der Waals surface area contributed by atoms with Crippen molar-refractivity contribution in [2.45, 2.75) is 26.2 Å². The first-order valence-electron chi connectivity index (χ1n) is 10.5. The van der Waals surface area contributed by atoms with Crippen LogP contribution in [0.2, 0.25) is 0 Å². The SMILES string of the molecule is CCC1COC(c2ccc(-c3cc(F)c(-c4cc(F)c(OC(F)F)c(F)c4)c(F)c3)cc2)OC1. The van der Waals surface area contributed by atoms with Gasteiger partial charge in [0.1, 0.15) is 11.6 Å². The van der Waals surface area contributed by atoms with E-state index in [2.05, 4.69) is 11.7 Å². The minimum Gasteiger partial charge on any atom is -0.429 e. The molecule has 0 bridgehead atoms. The van der Waals surface area contributed by atoms with E-state index >= 15 is 0 Å². The molecule has 0 atom stereocenters. The number of benzene rings is 3. The lowest BCUT2D eigenvalue weighted by Crippen LogP contribution is -2.26. The second-order valence-electron chi connectivity index (χ2n) is 7.86. The average Bonchev–Trinajstić information content (AvgIpc) is 2.81. The molecule has 0 radical (unpaired) electrons. The molecule has 9 heteroatoms. The molecule has 0 aromatic heterocycles. The van der Waals surface area contributed by atoms with Gasteiger partial charge in [0, 0.05) is 11.5 Å². The third kappa shape index (κ3) is 5.05. The summed E-state index contributed by atoms with van der Waals surface area (Å²) in [5, 5.41) is 0. The Bertz CT molecular complexity index is 1110. The minimum absolute atomic E-state index is 0.195. The highest BCUT2D eigenvalue weighted by atomic mass is 19.3. The van der Waals surface area contributed by atoms with Crippen molar-refractivity contribution < 1.29 is 40.6 Å². The molecule has 1 heterocycles. The zero-order valence-electron chi connectivity index (χ0n) is 18.0. The lowest BCUT2D eigenvalue weighted by Gasteiger charge is -2.29. The first-order chi connectivity index (χ1) is 16.3. The highest BCUT2D eigenvalue weighted by Crippen LogP contribution is 2.35. The maximum Gasteiger partial charge on any atom is 0.387 e. The maximum absolute atomic E-state index is 14.8. The van der Waals surface area contributed by atoms with Crippen LogP contribution >= 0.6 is 0 Å². The molecule has 1 aliphatic rings. The molecule has 1 fully saturated rings. The van der Waals surface area contributed by atoms with Crippen LogP contribution in [0.3, 0.4) is 0 Å². The van der Waals surface area contributed by atoms with Crippen LogP contribution in [0, 0.1) is 29.2 Å². The van der Waals surface area contributed by atoms with E-state index < -0.39 is 53.0 Å². The highest BCUT2D eigenvalue weighted by molar-refractivity contribution is 5.72. The van der Waals surface area contributed by atoms with E-state index in [0.717, 1.165) is 24.1 Å². The topological polar surface area (TPSA) is 27.7 Å². The fourth-order valence-corrected chi connectivity index (χ4v) is 3.73. The summed E-state index contributed by atoms with van der Waals surface area (Å²) in [5.41, 5.74) is 0.253. The van der Waals surface area contributed by atoms with Gasteiger partial charge in [-0.1, -0.05) is 31.2 Å². The van der Waals surface area contributed by atoms with Crippen LogP contribution in [0.15, 0.2) is 48.5 Å². The quantitative estimate of drug-likeness (QED) is 0.347. The standard InChI is InChI=1S/C25H20F6O3/c1-2-13-11-32-24(33-12-13)15-5-3-14(4-6-15)16-7-18(26)22(19(27)8-16)17-9-20(28)23(21(29)10-17)34-25(30)31/h3-10,13,24-25H,2,11-12H2,1H3. The third-order valence-electron chi connectivity index (χ3n) is 5.60. The average molecular weight is 482 g/mol. The van der Waals surface area contributed by atoms with E-state index in [1.165, 1.54) is 0 Å². The van der Waals surface area contributed by atoms with Gasteiger partial charge in [-0.05, 0) is 47.4 Å². The van der Waals surface area contributed by atoms with Crippen molar-refractivity contribution in [2.24, 2.45) is 5.92 Å². The maximum atomic E-state index is 14.8. The van der Waals surface area contributed by atoms with Crippen molar-refractivity contribution in [3.8, 4) is 28.0 Å². The molecule has 1 aliphatic heterocycles. The molecular weight excluding hydrogens is 462 g/mol. The van der Waals surface area contributed by atoms with Crippen LogP contribution in [0.1, 0.15) is 25.2 Å². The molecule has 34 heavy (non-hydrogen) atoms. The largest absolute Gasteiger partial charge is 0.429 e. The summed E-state index contributed by atoms with van der Waals surface area (Å²) >= 11 is 0.